The Labute approximate surface area is 218 Å². The van der Waals surface area contributed by atoms with Crippen molar-refractivity contribution in [2.75, 3.05) is 51.2 Å². The third kappa shape index (κ3) is 4.07. The average Bonchev–Trinajstić information content (AvgIpc) is 3.69. The SMILES string of the molecule is CN1CCN(c2ccnc3[nH]c(-c4n[nH]c5cnc(-c6cncc(CN7CCCC7)c6)c(F)c45)nc23)CC1. The van der Waals surface area contributed by atoms with E-state index in [1.54, 1.807) is 18.6 Å². The zero-order chi connectivity index (χ0) is 25.6. The first-order valence-corrected chi connectivity index (χ1v) is 13.1. The Morgan fingerprint density at radius 3 is 2.66 bits per heavy atom. The number of fused-ring (bicyclic) bond motifs is 2. The lowest BCUT2D eigenvalue weighted by Gasteiger charge is -2.33. The molecule has 7 heterocycles. The van der Waals surface area contributed by atoms with Crippen molar-refractivity contribution >= 4 is 27.8 Å². The lowest BCUT2D eigenvalue weighted by molar-refractivity contribution is 0.313. The van der Waals surface area contributed by atoms with Gasteiger partial charge in [0, 0.05) is 56.9 Å². The second kappa shape index (κ2) is 9.41. The number of H-pyrrole nitrogens is 2. The fourth-order valence-electron chi connectivity index (χ4n) is 5.56. The molecule has 0 aliphatic carbocycles. The molecule has 2 saturated heterocycles. The van der Waals surface area contributed by atoms with Crippen molar-refractivity contribution in [3.8, 4) is 22.8 Å². The number of halogens is 1. The first-order chi connectivity index (χ1) is 18.6. The number of imidazole rings is 1. The van der Waals surface area contributed by atoms with Gasteiger partial charge in [0.2, 0.25) is 0 Å². The van der Waals surface area contributed by atoms with Crippen LogP contribution in [0.4, 0.5) is 10.1 Å². The number of pyridine rings is 3. The molecule has 0 spiro atoms. The number of rotatable bonds is 5. The van der Waals surface area contributed by atoms with Crippen LogP contribution in [0.5, 0.6) is 0 Å². The number of hydrogen-bond donors (Lipinski definition) is 2. The van der Waals surface area contributed by atoms with Crippen molar-refractivity contribution in [2.24, 2.45) is 0 Å². The van der Waals surface area contributed by atoms with Gasteiger partial charge in [0.15, 0.2) is 17.3 Å². The van der Waals surface area contributed by atoms with E-state index in [9.17, 15) is 0 Å². The molecule has 2 aliphatic heterocycles. The number of aromatic nitrogens is 7. The van der Waals surface area contributed by atoms with Crippen LogP contribution < -0.4 is 4.90 Å². The summed E-state index contributed by atoms with van der Waals surface area (Å²) in [6.07, 6.45) is 9.35. The van der Waals surface area contributed by atoms with Gasteiger partial charge < -0.3 is 14.8 Å². The van der Waals surface area contributed by atoms with E-state index in [1.807, 2.05) is 18.3 Å². The van der Waals surface area contributed by atoms with Gasteiger partial charge in [0.1, 0.15) is 16.9 Å². The maximum atomic E-state index is 16.1. The van der Waals surface area contributed by atoms with Crippen LogP contribution in [0.3, 0.4) is 0 Å². The Morgan fingerprint density at radius 1 is 0.974 bits per heavy atom. The molecule has 0 amide bonds. The maximum Gasteiger partial charge on any atom is 0.161 e. The highest BCUT2D eigenvalue weighted by atomic mass is 19.1. The summed E-state index contributed by atoms with van der Waals surface area (Å²) in [6, 6.07) is 3.97. The Morgan fingerprint density at radius 2 is 1.82 bits per heavy atom. The molecular formula is C27H29FN10. The van der Waals surface area contributed by atoms with E-state index in [2.05, 4.69) is 51.9 Å². The molecule has 0 aromatic carbocycles. The van der Waals surface area contributed by atoms with Gasteiger partial charge in [-0.1, -0.05) is 0 Å². The van der Waals surface area contributed by atoms with Gasteiger partial charge in [-0.3, -0.25) is 20.0 Å². The fourth-order valence-corrected chi connectivity index (χ4v) is 5.56. The molecule has 7 rings (SSSR count). The molecule has 0 bridgehead atoms. The lowest BCUT2D eigenvalue weighted by atomic mass is 10.1. The van der Waals surface area contributed by atoms with Gasteiger partial charge in [-0.2, -0.15) is 5.10 Å². The van der Waals surface area contributed by atoms with Crippen LogP contribution in [0.25, 0.3) is 44.8 Å². The number of anilines is 1. The van der Waals surface area contributed by atoms with E-state index in [4.69, 9.17) is 4.98 Å². The summed E-state index contributed by atoms with van der Waals surface area (Å²) in [4.78, 5) is 28.5. The van der Waals surface area contributed by atoms with Crippen LogP contribution in [-0.4, -0.2) is 91.2 Å². The van der Waals surface area contributed by atoms with Crippen molar-refractivity contribution in [3.05, 3.63) is 48.3 Å². The Hall–Kier alpha value is -3.96. The summed E-state index contributed by atoms with van der Waals surface area (Å²) < 4.78 is 16.1. The minimum atomic E-state index is -0.445. The van der Waals surface area contributed by atoms with Gasteiger partial charge in [-0.25, -0.2) is 14.4 Å². The molecule has 10 nitrogen and oxygen atoms in total. The van der Waals surface area contributed by atoms with Gasteiger partial charge in [0.05, 0.1) is 22.8 Å². The van der Waals surface area contributed by atoms with Gasteiger partial charge in [-0.15, -0.1) is 0 Å². The largest absolute Gasteiger partial charge is 0.367 e. The van der Waals surface area contributed by atoms with Gasteiger partial charge in [-0.05, 0) is 50.7 Å². The number of hydrogen-bond acceptors (Lipinski definition) is 8. The molecule has 38 heavy (non-hydrogen) atoms. The predicted molar refractivity (Wildman–Crippen MR) is 144 cm³/mol. The molecule has 0 atom stereocenters. The van der Waals surface area contributed by atoms with Crippen molar-refractivity contribution in [1.29, 1.82) is 0 Å². The van der Waals surface area contributed by atoms with E-state index in [-0.39, 0.29) is 5.69 Å². The van der Waals surface area contributed by atoms with Crippen molar-refractivity contribution in [3.63, 3.8) is 0 Å². The fraction of sp³-hybridized carbons (Fsp3) is 0.370. The second-order valence-corrected chi connectivity index (χ2v) is 10.2. The predicted octanol–water partition coefficient (Wildman–Crippen LogP) is 3.44. The standard InChI is InChI=1S/C27H29FN10/c1-36-8-10-38(11-9-36)20-4-5-30-26-24(20)32-27(33-26)25-21-19(34-35-25)15-31-23(22(21)28)18-12-17(13-29-14-18)16-37-6-2-3-7-37/h4-5,12-15H,2-3,6-11,16H2,1H3,(H,34,35)(H,30,32,33). The monoisotopic (exact) mass is 512 g/mol. The highest BCUT2D eigenvalue weighted by Crippen LogP contribution is 2.34. The number of nitrogens with zero attached hydrogens (tertiary/aromatic N) is 8. The van der Waals surface area contributed by atoms with Crippen LogP contribution in [0.15, 0.2) is 36.9 Å². The van der Waals surface area contributed by atoms with Crippen LogP contribution in [0, 0.1) is 5.82 Å². The van der Waals surface area contributed by atoms with Crippen molar-refractivity contribution < 1.29 is 4.39 Å². The Bertz CT molecular complexity index is 1610. The number of piperazine rings is 1. The molecule has 5 aromatic heterocycles. The van der Waals surface area contributed by atoms with E-state index in [0.29, 0.717) is 33.6 Å². The molecule has 2 fully saturated rings. The van der Waals surface area contributed by atoms with Crippen molar-refractivity contribution in [1.82, 2.24) is 44.9 Å². The number of likely N-dealkylation sites (N-methyl/N-ethyl adjacent to an activating group) is 1. The lowest BCUT2D eigenvalue weighted by Crippen LogP contribution is -2.44. The number of likely N-dealkylation sites (tertiary alicyclic amines) is 1. The minimum absolute atomic E-state index is 0.253. The van der Waals surface area contributed by atoms with E-state index < -0.39 is 5.82 Å². The van der Waals surface area contributed by atoms with Crippen LogP contribution in [0.1, 0.15) is 18.4 Å². The maximum absolute atomic E-state index is 16.1. The average molecular weight is 513 g/mol. The molecule has 0 unspecified atom stereocenters. The number of nitrogens with one attached hydrogen (secondary N) is 2. The molecule has 2 aliphatic rings. The zero-order valence-electron chi connectivity index (χ0n) is 21.3. The summed E-state index contributed by atoms with van der Waals surface area (Å²) in [5.74, 6) is 0.0244. The Kier molecular flexibility index (Phi) is 5.74. The smallest absolute Gasteiger partial charge is 0.161 e. The molecule has 0 radical (unpaired) electrons. The molecule has 11 heteroatoms. The quantitative estimate of drug-likeness (QED) is 0.369. The highest BCUT2D eigenvalue weighted by Gasteiger charge is 2.23. The molecule has 2 N–H and O–H groups in total. The highest BCUT2D eigenvalue weighted by molar-refractivity contribution is 5.96. The topological polar surface area (TPSA) is 106 Å². The summed E-state index contributed by atoms with van der Waals surface area (Å²) in [6.45, 7) is 6.78. The summed E-state index contributed by atoms with van der Waals surface area (Å²) in [5, 5.41) is 7.69. The third-order valence-corrected chi connectivity index (χ3v) is 7.65. The van der Waals surface area contributed by atoms with Gasteiger partial charge in [0.25, 0.3) is 0 Å². The molecule has 0 saturated carbocycles. The first kappa shape index (κ1) is 23.2. The zero-order valence-corrected chi connectivity index (χ0v) is 21.3. The van der Waals surface area contributed by atoms with Crippen LogP contribution in [-0.2, 0) is 6.54 Å². The van der Waals surface area contributed by atoms with Gasteiger partial charge >= 0.3 is 0 Å². The molecule has 194 valence electrons. The van der Waals surface area contributed by atoms with Crippen LogP contribution >= 0.6 is 0 Å². The number of aromatic amines is 2. The minimum Gasteiger partial charge on any atom is -0.367 e. The first-order valence-electron chi connectivity index (χ1n) is 13.1. The van der Waals surface area contributed by atoms with Crippen molar-refractivity contribution in [2.45, 2.75) is 19.4 Å². The summed E-state index contributed by atoms with van der Waals surface area (Å²) in [5.41, 5.74) is 5.31. The second-order valence-electron chi connectivity index (χ2n) is 10.2. The van der Waals surface area contributed by atoms with E-state index >= 15 is 4.39 Å². The Balaban J connectivity index is 1.27. The summed E-state index contributed by atoms with van der Waals surface area (Å²) >= 11 is 0. The molecular weight excluding hydrogens is 483 g/mol. The normalized spacial score (nSPS) is 17.3. The van der Waals surface area contributed by atoms with Crippen LogP contribution in [0.2, 0.25) is 0 Å². The molecule has 5 aromatic rings. The third-order valence-electron chi connectivity index (χ3n) is 7.65. The summed E-state index contributed by atoms with van der Waals surface area (Å²) in [7, 11) is 2.13. The van der Waals surface area contributed by atoms with E-state index in [1.165, 1.54) is 12.8 Å². The van der Waals surface area contributed by atoms with E-state index in [0.717, 1.165) is 62.6 Å².